The Morgan fingerprint density at radius 3 is 1.77 bits per heavy atom. The Kier molecular flexibility index (Phi) is 12.6. The highest BCUT2D eigenvalue weighted by atomic mass is 32.2. The van der Waals surface area contributed by atoms with Crippen molar-refractivity contribution in [3.05, 3.63) is 30.6 Å². The van der Waals surface area contributed by atoms with Crippen LogP contribution in [-0.2, 0) is 10.1 Å². The van der Waals surface area contributed by atoms with E-state index in [4.69, 9.17) is 4.55 Å². The van der Waals surface area contributed by atoms with E-state index in [1.807, 2.05) is 30.6 Å². The molecule has 0 aliphatic rings. The highest BCUT2D eigenvalue weighted by Crippen LogP contribution is 2.17. The van der Waals surface area contributed by atoms with Crippen LogP contribution in [0.5, 0.6) is 0 Å². The highest BCUT2D eigenvalue weighted by Gasteiger charge is 2.20. The molecule has 1 aromatic rings. The lowest BCUT2D eigenvalue weighted by Crippen LogP contribution is -2.39. The first-order valence-corrected chi connectivity index (χ1v) is 12.0. The van der Waals surface area contributed by atoms with Gasteiger partial charge in [-0.2, -0.15) is 8.42 Å². The first-order valence-electron chi connectivity index (χ1n) is 10.4. The second-order valence-electron chi connectivity index (χ2n) is 7.38. The molecule has 150 valence electrons. The Bertz CT molecular complexity index is 546. The third-order valence-electron chi connectivity index (χ3n) is 5.01. The van der Waals surface area contributed by atoms with Crippen molar-refractivity contribution in [2.75, 3.05) is 5.75 Å². The molecule has 0 spiro atoms. The molecule has 0 bridgehead atoms. The fourth-order valence-electron chi connectivity index (χ4n) is 3.43. The normalized spacial score (nSPS) is 13.0. The fourth-order valence-corrected chi connectivity index (χ4v) is 4.00. The van der Waals surface area contributed by atoms with Crippen LogP contribution >= 0.6 is 0 Å². The van der Waals surface area contributed by atoms with Gasteiger partial charge in [-0.15, -0.1) is 0 Å². The summed E-state index contributed by atoms with van der Waals surface area (Å²) in [7, 11) is -3.89. The Morgan fingerprint density at radius 1 is 0.769 bits per heavy atom. The number of hydrogen-bond donors (Lipinski definition) is 1. The van der Waals surface area contributed by atoms with Gasteiger partial charge < -0.3 is 0 Å². The monoisotopic (exact) mass is 384 g/mol. The van der Waals surface area contributed by atoms with Crippen LogP contribution in [0.2, 0.25) is 0 Å². The summed E-state index contributed by atoms with van der Waals surface area (Å²) in [5, 5.41) is 0. The van der Waals surface area contributed by atoms with Crippen LogP contribution < -0.4 is 4.57 Å². The number of nitrogens with zero attached hydrogens (tertiary/aromatic N) is 1. The third-order valence-corrected chi connectivity index (χ3v) is 5.76. The molecule has 0 saturated carbocycles. The molecule has 1 heterocycles. The van der Waals surface area contributed by atoms with Crippen LogP contribution in [0.25, 0.3) is 0 Å². The maximum atomic E-state index is 11.1. The third kappa shape index (κ3) is 12.4. The molecule has 26 heavy (non-hydrogen) atoms. The maximum absolute atomic E-state index is 11.1. The van der Waals surface area contributed by atoms with Crippen LogP contribution in [0.3, 0.4) is 0 Å². The molecule has 0 aliphatic heterocycles. The molecule has 0 saturated heterocycles. The molecule has 1 N–H and O–H groups in total. The number of aromatic nitrogens is 1. The second kappa shape index (κ2) is 14.2. The van der Waals surface area contributed by atoms with Crippen molar-refractivity contribution in [3.63, 3.8) is 0 Å². The van der Waals surface area contributed by atoms with Gasteiger partial charge >= 0.3 is 0 Å². The summed E-state index contributed by atoms with van der Waals surface area (Å²) in [5.74, 6) is -0.169. The summed E-state index contributed by atoms with van der Waals surface area (Å²) in [4.78, 5) is 0. The first-order chi connectivity index (χ1) is 12.5. The average molecular weight is 385 g/mol. The van der Waals surface area contributed by atoms with Gasteiger partial charge in [0.1, 0.15) is 0 Å². The quantitative estimate of drug-likeness (QED) is 0.233. The van der Waals surface area contributed by atoms with Gasteiger partial charge in [-0.3, -0.25) is 4.55 Å². The largest absolute Gasteiger partial charge is 0.286 e. The smallest absolute Gasteiger partial charge is 0.265 e. The van der Waals surface area contributed by atoms with Crippen molar-refractivity contribution in [1.29, 1.82) is 0 Å². The topological polar surface area (TPSA) is 58.3 Å². The molecule has 1 atom stereocenters. The van der Waals surface area contributed by atoms with E-state index in [9.17, 15) is 8.42 Å². The standard InChI is InChI=1S/C21H37NO3S/c1-2-3-4-5-6-7-8-9-10-11-13-16-21(17-20-26(23,24)25)22-18-14-12-15-19-22/h12,14-15,18-19,21H,2-11,13,16-17,20H2,1H3/p+1. The molecule has 1 rings (SSSR count). The summed E-state index contributed by atoms with van der Waals surface area (Å²) in [6, 6.07) is 6.01. The lowest BCUT2D eigenvalue weighted by Gasteiger charge is -2.11. The second-order valence-corrected chi connectivity index (χ2v) is 8.95. The molecular formula is C21H38NO3S+. The molecule has 0 aromatic carbocycles. The Balaban J connectivity index is 2.18. The van der Waals surface area contributed by atoms with Crippen LogP contribution in [0.1, 0.15) is 96.4 Å². The van der Waals surface area contributed by atoms with E-state index in [0.29, 0.717) is 6.42 Å². The Morgan fingerprint density at radius 2 is 1.27 bits per heavy atom. The summed E-state index contributed by atoms with van der Waals surface area (Å²) in [6.07, 6.45) is 19.8. The number of rotatable bonds is 16. The zero-order valence-corrected chi connectivity index (χ0v) is 17.3. The molecule has 0 aliphatic carbocycles. The van der Waals surface area contributed by atoms with E-state index in [0.717, 1.165) is 12.8 Å². The SMILES string of the molecule is CCCCCCCCCCCCCC(CCS(=O)(=O)O)[n+]1ccccc1. The molecule has 1 unspecified atom stereocenters. The summed E-state index contributed by atoms with van der Waals surface area (Å²) >= 11 is 0. The van der Waals surface area contributed by atoms with Gasteiger partial charge in [0.05, 0.1) is 5.75 Å². The van der Waals surface area contributed by atoms with Gasteiger partial charge in [-0.05, 0) is 6.42 Å². The molecule has 0 radical (unpaired) electrons. The lowest BCUT2D eigenvalue weighted by atomic mass is 10.0. The first kappa shape index (κ1) is 23.1. The van der Waals surface area contributed by atoms with E-state index in [2.05, 4.69) is 11.5 Å². The molecule has 4 nitrogen and oxygen atoms in total. The molecular weight excluding hydrogens is 346 g/mol. The van der Waals surface area contributed by atoms with Crippen LogP contribution in [0.4, 0.5) is 0 Å². The van der Waals surface area contributed by atoms with E-state index in [1.54, 1.807) is 0 Å². The van der Waals surface area contributed by atoms with Gasteiger partial charge in [0.15, 0.2) is 18.4 Å². The average Bonchev–Trinajstić information content (AvgIpc) is 2.62. The van der Waals surface area contributed by atoms with Crippen LogP contribution in [0.15, 0.2) is 30.6 Å². The number of pyridine rings is 1. The number of hydrogen-bond acceptors (Lipinski definition) is 2. The predicted molar refractivity (Wildman–Crippen MR) is 108 cm³/mol. The van der Waals surface area contributed by atoms with Crippen molar-refractivity contribution in [1.82, 2.24) is 0 Å². The van der Waals surface area contributed by atoms with Gasteiger partial charge in [-0.1, -0.05) is 77.2 Å². The van der Waals surface area contributed by atoms with Gasteiger partial charge in [-0.25, -0.2) is 4.57 Å². The van der Waals surface area contributed by atoms with Crippen molar-refractivity contribution in [2.45, 2.75) is 96.4 Å². The fraction of sp³-hybridized carbons (Fsp3) is 0.762. The van der Waals surface area contributed by atoms with Gasteiger partial charge in [0, 0.05) is 25.0 Å². The minimum absolute atomic E-state index is 0.136. The van der Waals surface area contributed by atoms with Gasteiger partial charge in [0.25, 0.3) is 10.1 Å². The van der Waals surface area contributed by atoms with Crippen molar-refractivity contribution >= 4 is 10.1 Å². The lowest BCUT2D eigenvalue weighted by molar-refractivity contribution is -0.724. The summed E-state index contributed by atoms with van der Waals surface area (Å²) in [5.41, 5.74) is 0. The van der Waals surface area contributed by atoms with Gasteiger partial charge in [0.2, 0.25) is 0 Å². The predicted octanol–water partition coefficient (Wildman–Crippen LogP) is 5.49. The minimum atomic E-state index is -3.89. The minimum Gasteiger partial charge on any atom is -0.286 e. The Hall–Kier alpha value is -0.940. The summed E-state index contributed by atoms with van der Waals surface area (Å²) in [6.45, 7) is 2.25. The van der Waals surface area contributed by atoms with Crippen LogP contribution in [0, 0.1) is 0 Å². The molecule has 0 amide bonds. The van der Waals surface area contributed by atoms with Crippen molar-refractivity contribution in [3.8, 4) is 0 Å². The van der Waals surface area contributed by atoms with Crippen LogP contribution in [-0.4, -0.2) is 18.7 Å². The maximum Gasteiger partial charge on any atom is 0.265 e. The van der Waals surface area contributed by atoms with E-state index < -0.39 is 10.1 Å². The molecule has 5 heteroatoms. The molecule has 0 fully saturated rings. The van der Waals surface area contributed by atoms with E-state index in [1.165, 1.54) is 64.2 Å². The van der Waals surface area contributed by atoms with E-state index >= 15 is 0 Å². The summed E-state index contributed by atoms with van der Waals surface area (Å²) < 4.78 is 33.3. The number of unbranched alkanes of at least 4 members (excludes halogenated alkanes) is 10. The zero-order chi connectivity index (χ0) is 19.1. The van der Waals surface area contributed by atoms with E-state index in [-0.39, 0.29) is 11.8 Å². The molecule has 1 aromatic heterocycles. The highest BCUT2D eigenvalue weighted by molar-refractivity contribution is 7.85. The zero-order valence-electron chi connectivity index (χ0n) is 16.5. The van der Waals surface area contributed by atoms with Crippen molar-refractivity contribution < 1.29 is 17.5 Å². The Labute approximate surface area is 160 Å². The van der Waals surface area contributed by atoms with Crippen molar-refractivity contribution in [2.24, 2.45) is 0 Å².